The molecule has 1 aromatic heterocycles. The first kappa shape index (κ1) is 20.6. The van der Waals surface area contributed by atoms with Crippen molar-refractivity contribution in [1.29, 1.82) is 0 Å². The fourth-order valence-electron chi connectivity index (χ4n) is 4.47. The van der Waals surface area contributed by atoms with Gasteiger partial charge in [0.25, 0.3) is 0 Å². The van der Waals surface area contributed by atoms with Crippen LogP contribution in [0.5, 0.6) is 5.75 Å². The maximum Gasteiger partial charge on any atom is 0.220 e. The molecule has 166 valence electrons. The third-order valence-corrected chi connectivity index (χ3v) is 6.13. The van der Waals surface area contributed by atoms with Crippen molar-refractivity contribution in [3.63, 3.8) is 0 Å². The van der Waals surface area contributed by atoms with Crippen molar-refractivity contribution in [2.45, 2.75) is 25.3 Å². The Bertz CT molecular complexity index is 1150. The lowest BCUT2D eigenvalue weighted by Gasteiger charge is -2.21. The molecule has 1 unspecified atom stereocenters. The number of nitrogens with one attached hydrogen (secondary N) is 1. The van der Waals surface area contributed by atoms with Gasteiger partial charge in [-0.2, -0.15) is 0 Å². The minimum Gasteiger partial charge on any atom is -0.507 e. The number of carbonyl (C=O) groups excluding carboxylic acids is 1. The molecule has 2 saturated heterocycles. The van der Waals surface area contributed by atoms with E-state index in [1.807, 2.05) is 6.07 Å². The fraction of sp³-hybridized carbons (Fsp3) is 0.375. The number of fused-ring (bicyclic) bond motifs is 1. The van der Waals surface area contributed by atoms with Crippen LogP contribution in [0.25, 0.3) is 22.3 Å². The third-order valence-electron chi connectivity index (χ3n) is 6.13. The number of phenols is 1. The Morgan fingerprint density at radius 1 is 1.22 bits per heavy atom. The largest absolute Gasteiger partial charge is 0.507 e. The topological polar surface area (TPSA) is 87.6 Å². The Kier molecular flexibility index (Phi) is 5.61. The zero-order valence-electron chi connectivity index (χ0n) is 17.6. The minimum absolute atomic E-state index is 0.00280. The first-order chi connectivity index (χ1) is 15.6. The van der Waals surface area contributed by atoms with E-state index in [-0.39, 0.29) is 23.5 Å². The van der Waals surface area contributed by atoms with E-state index >= 15 is 0 Å². The molecule has 32 heavy (non-hydrogen) atoms. The molecule has 3 heterocycles. The summed E-state index contributed by atoms with van der Waals surface area (Å²) in [7, 11) is 0. The first-order valence-corrected chi connectivity index (χ1v) is 10.9. The van der Waals surface area contributed by atoms with Gasteiger partial charge in [-0.3, -0.25) is 4.79 Å². The lowest BCUT2D eigenvalue weighted by Crippen LogP contribution is -2.38. The lowest BCUT2D eigenvalue weighted by molar-refractivity contribution is -0.122. The van der Waals surface area contributed by atoms with E-state index in [4.69, 9.17) is 9.72 Å². The molecule has 7 nitrogen and oxygen atoms in total. The van der Waals surface area contributed by atoms with Gasteiger partial charge in [-0.15, -0.1) is 0 Å². The number of hydrogen-bond donors (Lipinski definition) is 2. The van der Waals surface area contributed by atoms with Crippen LogP contribution in [0.2, 0.25) is 0 Å². The van der Waals surface area contributed by atoms with Gasteiger partial charge < -0.3 is 20.1 Å². The summed E-state index contributed by atoms with van der Waals surface area (Å²) in [5.74, 6) is 1.05. The Hall–Kier alpha value is -3.26. The third kappa shape index (κ3) is 4.23. The number of halogens is 1. The van der Waals surface area contributed by atoms with Crippen LogP contribution in [0.15, 0.2) is 42.5 Å². The van der Waals surface area contributed by atoms with Crippen molar-refractivity contribution in [2.75, 3.05) is 31.2 Å². The molecule has 3 aromatic rings. The highest BCUT2D eigenvalue weighted by atomic mass is 19.1. The van der Waals surface area contributed by atoms with E-state index in [0.717, 1.165) is 19.4 Å². The Morgan fingerprint density at radius 2 is 2.09 bits per heavy atom. The average Bonchev–Trinajstić information content (AvgIpc) is 3.45. The van der Waals surface area contributed by atoms with Gasteiger partial charge in [0, 0.05) is 44.2 Å². The predicted molar refractivity (Wildman–Crippen MR) is 119 cm³/mol. The standard InChI is InChI=1S/C24H25FN4O3/c25-16-5-6-20-19(12-16)24(28-23(27-20)18-3-1-2-4-21(18)30)29-9-7-17(13-29)26-22(31)11-15-8-10-32-14-15/h1-6,12,15,17,30H,7-11,13-14H2,(H,26,31)/t15?,17-/m1/s1. The minimum atomic E-state index is -0.361. The van der Waals surface area contributed by atoms with Gasteiger partial charge in [0.15, 0.2) is 5.82 Å². The predicted octanol–water partition coefficient (Wildman–Crippen LogP) is 3.26. The molecule has 0 aliphatic carbocycles. The summed E-state index contributed by atoms with van der Waals surface area (Å²) in [6, 6.07) is 11.3. The summed E-state index contributed by atoms with van der Waals surface area (Å²) >= 11 is 0. The molecule has 1 amide bonds. The first-order valence-electron chi connectivity index (χ1n) is 10.9. The van der Waals surface area contributed by atoms with Crippen LogP contribution < -0.4 is 10.2 Å². The number of aromatic nitrogens is 2. The van der Waals surface area contributed by atoms with E-state index < -0.39 is 0 Å². The second-order valence-corrected chi connectivity index (χ2v) is 8.48. The van der Waals surface area contributed by atoms with Crippen molar-refractivity contribution in [3.8, 4) is 17.1 Å². The summed E-state index contributed by atoms with van der Waals surface area (Å²) in [5, 5.41) is 14.0. The smallest absolute Gasteiger partial charge is 0.220 e. The normalized spacial score (nSPS) is 20.7. The maximum absolute atomic E-state index is 14.1. The Balaban J connectivity index is 1.41. The number of aromatic hydroxyl groups is 1. The van der Waals surface area contributed by atoms with Gasteiger partial charge >= 0.3 is 0 Å². The van der Waals surface area contributed by atoms with Gasteiger partial charge in [0.2, 0.25) is 5.91 Å². The van der Waals surface area contributed by atoms with Crippen LogP contribution in [0.3, 0.4) is 0 Å². The molecule has 2 aliphatic rings. The highest BCUT2D eigenvalue weighted by Gasteiger charge is 2.28. The molecule has 2 aliphatic heterocycles. The number of carbonyl (C=O) groups is 1. The number of phenolic OH excluding ortho intramolecular Hbond substituents is 1. The van der Waals surface area contributed by atoms with Gasteiger partial charge in [-0.05, 0) is 49.1 Å². The number of hydrogen-bond acceptors (Lipinski definition) is 6. The molecular weight excluding hydrogens is 411 g/mol. The van der Waals surface area contributed by atoms with E-state index in [1.165, 1.54) is 12.1 Å². The molecule has 2 aromatic carbocycles. The molecule has 2 atom stereocenters. The fourth-order valence-corrected chi connectivity index (χ4v) is 4.47. The number of benzene rings is 2. The van der Waals surface area contributed by atoms with Gasteiger partial charge in [0.05, 0.1) is 11.1 Å². The van der Waals surface area contributed by atoms with Crippen LogP contribution in [-0.2, 0) is 9.53 Å². The van der Waals surface area contributed by atoms with E-state index in [1.54, 1.807) is 24.3 Å². The molecule has 2 fully saturated rings. The number of para-hydroxylation sites is 1. The highest BCUT2D eigenvalue weighted by Crippen LogP contribution is 2.33. The molecule has 0 spiro atoms. The molecular formula is C24H25FN4O3. The van der Waals surface area contributed by atoms with Crippen LogP contribution in [0.1, 0.15) is 19.3 Å². The summed E-state index contributed by atoms with van der Waals surface area (Å²) in [6.45, 7) is 2.64. The van der Waals surface area contributed by atoms with Crippen molar-refractivity contribution in [2.24, 2.45) is 5.92 Å². The summed E-state index contributed by atoms with van der Waals surface area (Å²) in [5.41, 5.74) is 1.12. The second kappa shape index (κ2) is 8.70. The lowest BCUT2D eigenvalue weighted by atomic mass is 10.0. The van der Waals surface area contributed by atoms with E-state index in [2.05, 4.69) is 15.2 Å². The molecule has 0 radical (unpaired) electrons. The zero-order chi connectivity index (χ0) is 22.1. The van der Waals surface area contributed by atoms with E-state index in [0.29, 0.717) is 60.1 Å². The summed E-state index contributed by atoms with van der Waals surface area (Å²) < 4.78 is 19.4. The number of nitrogens with zero attached hydrogens (tertiary/aromatic N) is 3. The quantitative estimate of drug-likeness (QED) is 0.638. The Morgan fingerprint density at radius 3 is 2.91 bits per heavy atom. The van der Waals surface area contributed by atoms with Gasteiger partial charge in [-0.25, -0.2) is 14.4 Å². The Labute approximate surface area is 185 Å². The number of amides is 1. The van der Waals surface area contributed by atoms with Gasteiger partial charge in [0.1, 0.15) is 17.4 Å². The van der Waals surface area contributed by atoms with Crippen LogP contribution in [-0.4, -0.2) is 53.3 Å². The van der Waals surface area contributed by atoms with Crippen LogP contribution in [0.4, 0.5) is 10.2 Å². The molecule has 2 N–H and O–H groups in total. The number of ether oxygens (including phenoxy) is 1. The number of rotatable bonds is 5. The maximum atomic E-state index is 14.1. The second-order valence-electron chi connectivity index (χ2n) is 8.48. The highest BCUT2D eigenvalue weighted by molar-refractivity contribution is 5.91. The van der Waals surface area contributed by atoms with Crippen LogP contribution >= 0.6 is 0 Å². The van der Waals surface area contributed by atoms with E-state index in [9.17, 15) is 14.3 Å². The molecule has 8 heteroatoms. The summed E-state index contributed by atoms with van der Waals surface area (Å²) in [6.07, 6.45) is 2.19. The van der Waals surface area contributed by atoms with Gasteiger partial charge in [-0.1, -0.05) is 12.1 Å². The summed E-state index contributed by atoms with van der Waals surface area (Å²) in [4.78, 5) is 23.8. The molecule has 0 bridgehead atoms. The van der Waals surface area contributed by atoms with Crippen molar-refractivity contribution >= 4 is 22.6 Å². The van der Waals surface area contributed by atoms with Crippen molar-refractivity contribution in [1.82, 2.24) is 15.3 Å². The van der Waals surface area contributed by atoms with Crippen LogP contribution in [0, 0.1) is 11.7 Å². The van der Waals surface area contributed by atoms with Crippen molar-refractivity contribution in [3.05, 3.63) is 48.3 Å². The monoisotopic (exact) mass is 436 g/mol. The molecule has 5 rings (SSSR count). The molecule has 0 saturated carbocycles. The zero-order valence-corrected chi connectivity index (χ0v) is 17.6. The SMILES string of the molecule is O=C(CC1CCOC1)N[C@@H]1CCN(c2nc(-c3ccccc3O)nc3ccc(F)cc23)C1. The number of anilines is 1. The average molecular weight is 436 g/mol. The van der Waals surface area contributed by atoms with Crippen molar-refractivity contribution < 1.29 is 19.0 Å².